The zero-order valence-electron chi connectivity index (χ0n) is 21.5. The molecule has 0 saturated carbocycles. The molecule has 1 saturated heterocycles. The van der Waals surface area contributed by atoms with E-state index in [2.05, 4.69) is 30.9 Å². The first-order valence-corrected chi connectivity index (χ1v) is 12.5. The van der Waals surface area contributed by atoms with E-state index in [0.717, 1.165) is 59.6 Å². The number of piperidine rings is 1. The zero-order valence-corrected chi connectivity index (χ0v) is 21.5. The minimum absolute atomic E-state index is 0.178. The van der Waals surface area contributed by atoms with Gasteiger partial charge in [-0.05, 0) is 74.8 Å². The minimum atomic E-state index is -0.178. The molecule has 2 aromatic carbocycles. The van der Waals surface area contributed by atoms with Gasteiger partial charge in [-0.25, -0.2) is 9.97 Å². The lowest BCUT2D eigenvalue weighted by molar-refractivity contribution is -0.112. The van der Waals surface area contributed by atoms with Crippen molar-refractivity contribution in [2.24, 2.45) is 0 Å². The summed E-state index contributed by atoms with van der Waals surface area (Å²) in [4.78, 5) is 25.9. The molecule has 1 aliphatic heterocycles. The zero-order chi connectivity index (χ0) is 26.3. The number of carbonyl (C=O) groups excluding carboxylic acids is 1. The molecule has 38 heavy (non-hydrogen) atoms. The number of anilines is 3. The van der Waals surface area contributed by atoms with Gasteiger partial charge < -0.3 is 25.4 Å². The molecule has 2 aromatic heterocycles. The van der Waals surface area contributed by atoms with Gasteiger partial charge in [-0.3, -0.25) is 9.78 Å². The summed E-state index contributed by atoms with van der Waals surface area (Å²) >= 11 is 0. The van der Waals surface area contributed by atoms with Gasteiger partial charge in [0.25, 0.3) is 0 Å². The number of pyridine rings is 1. The molecule has 3 heterocycles. The van der Waals surface area contributed by atoms with Gasteiger partial charge in [-0.1, -0.05) is 11.6 Å². The maximum Gasteiger partial charge on any atom is 0.248 e. The Bertz CT molecular complexity index is 1460. The molecule has 1 amide bonds. The van der Waals surface area contributed by atoms with Crippen molar-refractivity contribution in [2.45, 2.75) is 26.4 Å². The minimum Gasteiger partial charge on any atom is -0.494 e. The number of benzene rings is 2. The van der Waals surface area contributed by atoms with Crippen molar-refractivity contribution in [3.05, 3.63) is 84.0 Å². The number of methoxy groups -OCH3 is 1. The quantitative estimate of drug-likeness (QED) is 0.287. The Labute approximate surface area is 221 Å². The van der Waals surface area contributed by atoms with Crippen molar-refractivity contribution in [1.82, 2.24) is 20.3 Å². The number of nitrogens with one attached hydrogen (secondary N) is 3. The molecular weight excluding hydrogens is 480 g/mol. The molecule has 0 aliphatic carbocycles. The van der Waals surface area contributed by atoms with Crippen molar-refractivity contribution >= 4 is 34.0 Å². The van der Waals surface area contributed by atoms with Gasteiger partial charge >= 0.3 is 0 Å². The Balaban J connectivity index is 1.36. The van der Waals surface area contributed by atoms with Gasteiger partial charge in [-0.15, -0.1) is 0 Å². The smallest absolute Gasteiger partial charge is 0.248 e. The summed E-state index contributed by atoms with van der Waals surface area (Å²) in [5, 5.41) is 10.4. The van der Waals surface area contributed by atoms with Gasteiger partial charge in [0.1, 0.15) is 30.3 Å². The maximum absolute atomic E-state index is 12.8. The molecule has 0 spiro atoms. The lowest BCUT2D eigenvalue weighted by Gasteiger charge is -2.16. The average Bonchev–Trinajstić information content (AvgIpc) is 2.94. The van der Waals surface area contributed by atoms with Crippen molar-refractivity contribution in [3.8, 4) is 11.5 Å². The van der Waals surface area contributed by atoms with E-state index in [9.17, 15) is 4.79 Å². The first kappa shape index (κ1) is 25.2. The molecule has 5 rings (SSSR count). The lowest BCUT2D eigenvalue weighted by atomic mass is 10.1. The molecule has 1 fully saturated rings. The summed E-state index contributed by atoms with van der Waals surface area (Å²) < 4.78 is 11.4. The fourth-order valence-electron chi connectivity index (χ4n) is 4.33. The third kappa shape index (κ3) is 6.07. The number of rotatable bonds is 8. The predicted octanol–water partition coefficient (Wildman–Crippen LogP) is 4.91. The molecule has 0 bridgehead atoms. The third-order valence-electron chi connectivity index (χ3n) is 6.36. The van der Waals surface area contributed by atoms with E-state index in [0.29, 0.717) is 29.4 Å². The van der Waals surface area contributed by atoms with Crippen LogP contribution in [0.3, 0.4) is 0 Å². The van der Waals surface area contributed by atoms with Crippen LogP contribution in [-0.2, 0) is 11.4 Å². The largest absolute Gasteiger partial charge is 0.494 e. The number of carbonyl (C=O) groups is 1. The van der Waals surface area contributed by atoms with Crippen LogP contribution in [0.5, 0.6) is 11.5 Å². The van der Waals surface area contributed by atoms with E-state index in [-0.39, 0.29) is 5.91 Å². The summed E-state index contributed by atoms with van der Waals surface area (Å²) in [6.45, 7) is 4.18. The van der Waals surface area contributed by atoms with Gasteiger partial charge in [0.15, 0.2) is 0 Å². The van der Waals surface area contributed by atoms with Crippen molar-refractivity contribution in [1.29, 1.82) is 0 Å². The number of aromatic nitrogens is 3. The summed E-state index contributed by atoms with van der Waals surface area (Å²) in [6, 6.07) is 15.2. The van der Waals surface area contributed by atoms with Crippen LogP contribution in [-0.4, -0.2) is 41.1 Å². The highest BCUT2D eigenvalue weighted by molar-refractivity contribution is 6.04. The van der Waals surface area contributed by atoms with Crippen LogP contribution in [0.4, 0.5) is 17.2 Å². The Kier molecular flexibility index (Phi) is 7.75. The molecular formula is C29H30N6O3. The van der Waals surface area contributed by atoms with Crippen LogP contribution in [0.25, 0.3) is 10.9 Å². The lowest BCUT2D eigenvalue weighted by Crippen LogP contribution is -2.24. The highest BCUT2D eigenvalue weighted by atomic mass is 16.5. The Morgan fingerprint density at radius 1 is 1.05 bits per heavy atom. The summed E-state index contributed by atoms with van der Waals surface area (Å²) in [7, 11) is 1.57. The number of ether oxygens (including phenoxy) is 2. The maximum atomic E-state index is 12.8. The van der Waals surface area contributed by atoms with E-state index in [1.54, 1.807) is 25.4 Å². The molecule has 9 nitrogen and oxygen atoms in total. The number of aryl methyl sites for hydroxylation is 1. The second-order valence-electron chi connectivity index (χ2n) is 9.05. The fraction of sp³-hybridized carbons (Fsp3) is 0.241. The standard InChI is InChI=1S/C29H30N6O3/c1-19-13-22(38-17-21-5-3-4-10-31-21)6-7-24(19)35-29-23-15-26(27(37-2)16-25(23)32-18-33-29)34-28(36)14-20-8-11-30-12-9-20/h3-7,10,13-16,18,30H,8-9,11-12,17H2,1-2H3,(H,34,36)(H,32,33,35). The second kappa shape index (κ2) is 11.7. The van der Waals surface area contributed by atoms with Crippen molar-refractivity contribution in [2.75, 3.05) is 30.8 Å². The topological polar surface area (TPSA) is 110 Å². The van der Waals surface area contributed by atoms with Gasteiger partial charge in [0.05, 0.1) is 24.0 Å². The molecule has 0 unspecified atom stereocenters. The van der Waals surface area contributed by atoms with Crippen LogP contribution >= 0.6 is 0 Å². The van der Waals surface area contributed by atoms with E-state index >= 15 is 0 Å². The van der Waals surface area contributed by atoms with Crippen LogP contribution in [0.2, 0.25) is 0 Å². The number of amides is 1. The van der Waals surface area contributed by atoms with E-state index in [4.69, 9.17) is 9.47 Å². The highest BCUT2D eigenvalue weighted by Gasteiger charge is 2.14. The molecule has 4 aromatic rings. The first-order valence-electron chi connectivity index (χ1n) is 12.5. The molecule has 0 atom stereocenters. The monoisotopic (exact) mass is 510 g/mol. The first-order chi connectivity index (χ1) is 18.6. The average molecular weight is 511 g/mol. The number of hydrogen-bond donors (Lipinski definition) is 3. The van der Waals surface area contributed by atoms with Crippen LogP contribution in [0.15, 0.2) is 72.7 Å². The van der Waals surface area contributed by atoms with Crippen molar-refractivity contribution < 1.29 is 14.3 Å². The summed E-state index contributed by atoms with van der Waals surface area (Å²) in [6.07, 6.45) is 6.68. The Morgan fingerprint density at radius 3 is 2.68 bits per heavy atom. The second-order valence-corrected chi connectivity index (χ2v) is 9.05. The van der Waals surface area contributed by atoms with E-state index in [1.165, 1.54) is 6.33 Å². The molecule has 1 aliphatic rings. The van der Waals surface area contributed by atoms with Gasteiger partial charge in [-0.2, -0.15) is 0 Å². The molecule has 0 radical (unpaired) electrons. The molecule has 9 heteroatoms. The third-order valence-corrected chi connectivity index (χ3v) is 6.36. The van der Waals surface area contributed by atoms with E-state index < -0.39 is 0 Å². The number of fused-ring (bicyclic) bond motifs is 1. The van der Waals surface area contributed by atoms with Crippen molar-refractivity contribution in [3.63, 3.8) is 0 Å². The summed E-state index contributed by atoms with van der Waals surface area (Å²) in [5.41, 5.74) is 5.13. The molecule has 3 N–H and O–H groups in total. The number of nitrogens with zero attached hydrogens (tertiary/aromatic N) is 3. The summed E-state index contributed by atoms with van der Waals surface area (Å²) in [5.74, 6) is 1.73. The van der Waals surface area contributed by atoms with Crippen LogP contribution in [0.1, 0.15) is 24.1 Å². The SMILES string of the molecule is COc1cc2ncnc(Nc3ccc(OCc4ccccn4)cc3C)c2cc1NC(=O)C=C1CCNCC1. The normalized spacial score (nSPS) is 13.2. The van der Waals surface area contributed by atoms with Gasteiger partial charge in [0, 0.05) is 29.4 Å². The Morgan fingerprint density at radius 2 is 1.92 bits per heavy atom. The highest BCUT2D eigenvalue weighted by Crippen LogP contribution is 2.34. The van der Waals surface area contributed by atoms with Crippen LogP contribution in [0, 0.1) is 6.92 Å². The fourth-order valence-corrected chi connectivity index (χ4v) is 4.33. The Hall–Kier alpha value is -4.50. The van der Waals surface area contributed by atoms with Gasteiger partial charge in [0.2, 0.25) is 5.91 Å². The predicted molar refractivity (Wildman–Crippen MR) is 148 cm³/mol. The van der Waals surface area contributed by atoms with Crippen LogP contribution < -0.4 is 25.4 Å². The molecule has 194 valence electrons. The van der Waals surface area contributed by atoms with E-state index in [1.807, 2.05) is 49.4 Å². The number of hydrogen-bond acceptors (Lipinski definition) is 8.